The number of thiophene rings is 1. The second-order valence-electron chi connectivity index (χ2n) is 12.5. The van der Waals surface area contributed by atoms with Crippen molar-refractivity contribution in [3.63, 3.8) is 0 Å². The second kappa shape index (κ2) is 11.2. The average molecular weight is 644 g/mol. The fraction of sp³-hybridized carbons (Fsp3) is 0. The van der Waals surface area contributed by atoms with E-state index in [1.54, 1.807) is 0 Å². The van der Waals surface area contributed by atoms with E-state index in [4.69, 9.17) is 4.42 Å². The van der Waals surface area contributed by atoms with Gasteiger partial charge >= 0.3 is 0 Å². The minimum absolute atomic E-state index is 0.872. The van der Waals surface area contributed by atoms with Gasteiger partial charge in [-0.25, -0.2) is 0 Å². The summed E-state index contributed by atoms with van der Waals surface area (Å²) in [6.45, 7) is 0. The van der Waals surface area contributed by atoms with Crippen molar-refractivity contribution in [2.24, 2.45) is 0 Å². The molecule has 0 aliphatic rings. The topological polar surface area (TPSA) is 16.4 Å². The lowest BCUT2D eigenvalue weighted by Crippen LogP contribution is -2.10. The van der Waals surface area contributed by atoms with Crippen LogP contribution < -0.4 is 4.90 Å². The molecular weight excluding hydrogens is 615 g/mol. The molecule has 230 valence electrons. The van der Waals surface area contributed by atoms with Crippen molar-refractivity contribution in [1.29, 1.82) is 0 Å². The summed E-state index contributed by atoms with van der Waals surface area (Å²) in [7, 11) is 0. The van der Waals surface area contributed by atoms with Crippen molar-refractivity contribution in [2.75, 3.05) is 4.90 Å². The van der Waals surface area contributed by atoms with Gasteiger partial charge in [0.2, 0.25) is 0 Å². The number of anilines is 3. The largest absolute Gasteiger partial charge is 0.455 e. The van der Waals surface area contributed by atoms with Gasteiger partial charge in [0.15, 0.2) is 0 Å². The summed E-state index contributed by atoms with van der Waals surface area (Å²) in [5, 5.41) is 7.14. The summed E-state index contributed by atoms with van der Waals surface area (Å²) in [6.07, 6.45) is 0. The number of para-hydroxylation sites is 1. The van der Waals surface area contributed by atoms with Gasteiger partial charge in [-0.05, 0) is 82.2 Å². The second-order valence-corrected chi connectivity index (χ2v) is 13.6. The summed E-state index contributed by atoms with van der Waals surface area (Å²) < 4.78 is 9.40. The quantitative estimate of drug-likeness (QED) is 0.186. The van der Waals surface area contributed by atoms with E-state index in [2.05, 4.69) is 181 Å². The number of hydrogen-bond acceptors (Lipinski definition) is 3. The van der Waals surface area contributed by atoms with Gasteiger partial charge in [0.05, 0.1) is 11.1 Å². The third kappa shape index (κ3) is 4.55. The SMILES string of the molecule is c1ccc(-c2ccc(N(c3ccccc3)c3cccc4oc5c6ccccc6c(-c6ccc7c(c6)sc6ccccc67)cc5c34)cc2)cc1. The minimum Gasteiger partial charge on any atom is -0.455 e. The lowest BCUT2D eigenvalue weighted by Gasteiger charge is -2.26. The molecule has 49 heavy (non-hydrogen) atoms. The van der Waals surface area contributed by atoms with Crippen LogP contribution in [0.4, 0.5) is 17.1 Å². The Balaban J connectivity index is 1.22. The maximum atomic E-state index is 6.78. The maximum absolute atomic E-state index is 6.78. The van der Waals surface area contributed by atoms with E-state index in [0.29, 0.717) is 0 Å². The first kappa shape index (κ1) is 27.9. The molecule has 10 rings (SSSR count). The molecule has 0 saturated heterocycles. The molecule has 0 bridgehead atoms. The Morgan fingerprint density at radius 2 is 1.04 bits per heavy atom. The predicted molar refractivity (Wildman–Crippen MR) is 210 cm³/mol. The van der Waals surface area contributed by atoms with Gasteiger partial charge in [0.25, 0.3) is 0 Å². The van der Waals surface area contributed by atoms with Crippen LogP contribution in [-0.4, -0.2) is 0 Å². The molecule has 0 radical (unpaired) electrons. The van der Waals surface area contributed by atoms with Crippen molar-refractivity contribution >= 4 is 81.3 Å². The molecule has 0 spiro atoms. The van der Waals surface area contributed by atoms with Crippen LogP contribution in [0.3, 0.4) is 0 Å². The molecule has 2 heterocycles. The molecule has 3 heteroatoms. The van der Waals surface area contributed by atoms with Gasteiger partial charge in [0, 0.05) is 42.3 Å². The molecular formula is C46H29NOS. The Bertz CT molecular complexity index is 2810. The number of hydrogen-bond donors (Lipinski definition) is 0. The molecule has 0 unspecified atom stereocenters. The molecule has 10 aromatic rings. The third-order valence-corrected chi connectivity index (χ3v) is 10.8. The van der Waals surface area contributed by atoms with Crippen molar-refractivity contribution < 1.29 is 4.42 Å². The van der Waals surface area contributed by atoms with E-state index in [1.165, 1.54) is 47.8 Å². The van der Waals surface area contributed by atoms with Gasteiger partial charge in [0.1, 0.15) is 11.2 Å². The Hall–Kier alpha value is -6.16. The molecule has 0 N–H and O–H groups in total. The number of benzene rings is 8. The van der Waals surface area contributed by atoms with Gasteiger partial charge in [-0.3, -0.25) is 0 Å². The molecule has 8 aromatic carbocycles. The first-order valence-corrected chi connectivity index (χ1v) is 17.4. The maximum Gasteiger partial charge on any atom is 0.143 e. The molecule has 2 nitrogen and oxygen atoms in total. The van der Waals surface area contributed by atoms with Crippen LogP contribution in [0.25, 0.3) is 75.1 Å². The minimum atomic E-state index is 0.872. The summed E-state index contributed by atoms with van der Waals surface area (Å²) in [5.41, 5.74) is 9.85. The lowest BCUT2D eigenvalue weighted by molar-refractivity contribution is 0.672. The van der Waals surface area contributed by atoms with Gasteiger partial charge in [-0.15, -0.1) is 11.3 Å². The van der Waals surface area contributed by atoms with Crippen molar-refractivity contribution in [3.8, 4) is 22.3 Å². The standard InChI is InChI=1S/C46H29NOS/c1-3-12-30(13-4-1)31-22-25-34(26-23-31)47(33-14-5-2-6-15-33)41-19-11-20-42-45(41)40-29-39(35-16-7-8-18-38(35)46(40)48-42)32-24-27-37-36-17-9-10-21-43(36)49-44(37)28-32/h1-29H. The Morgan fingerprint density at radius 1 is 0.408 bits per heavy atom. The van der Waals surface area contributed by atoms with Crippen molar-refractivity contribution in [3.05, 3.63) is 176 Å². The zero-order chi connectivity index (χ0) is 32.3. The molecule has 0 fully saturated rings. The summed E-state index contributed by atoms with van der Waals surface area (Å²) in [6, 6.07) is 63.1. The zero-order valence-corrected chi connectivity index (χ0v) is 27.3. The van der Waals surface area contributed by atoms with Crippen LogP contribution in [0.5, 0.6) is 0 Å². The highest BCUT2D eigenvalue weighted by Crippen LogP contribution is 2.47. The monoisotopic (exact) mass is 643 g/mol. The summed E-state index contributed by atoms with van der Waals surface area (Å²) in [4.78, 5) is 2.35. The summed E-state index contributed by atoms with van der Waals surface area (Å²) in [5.74, 6) is 0. The van der Waals surface area contributed by atoms with E-state index in [1.807, 2.05) is 11.3 Å². The van der Waals surface area contributed by atoms with Crippen LogP contribution in [-0.2, 0) is 0 Å². The van der Waals surface area contributed by atoms with E-state index in [9.17, 15) is 0 Å². The number of fused-ring (bicyclic) bond motifs is 8. The Kier molecular flexibility index (Phi) is 6.39. The Morgan fingerprint density at radius 3 is 1.86 bits per heavy atom. The predicted octanol–water partition coefficient (Wildman–Crippen LogP) is 13.9. The summed E-state index contributed by atoms with van der Waals surface area (Å²) >= 11 is 1.86. The Labute approximate surface area is 287 Å². The van der Waals surface area contributed by atoms with Gasteiger partial charge in [-0.1, -0.05) is 121 Å². The van der Waals surface area contributed by atoms with Gasteiger partial charge < -0.3 is 9.32 Å². The molecule has 0 aliphatic carbocycles. The van der Waals surface area contributed by atoms with E-state index in [0.717, 1.165) is 44.4 Å². The van der Waals surface area contributed by atoms with E-state index in [-0.39, 0.29) is 0 Å². The van der Waals surface area contributed by atoms with Crippen LogP contribution >= 0.6 is 11.3 Å². The number of nitrogens with zero attached hydrogens (tertiary/aromatic N) is 1. The average Bonchev–Trinajstić information content (AvgIpc) is 3.74. The fourth-order valence-corrected chi connectivity index (χ4v) is 8.53. The molecule has 0 amide bonds. The fourth-order valence-electron chi connectivity index (χ4n) is 7.39. The zero-order valence-electron chi connectivity index (χ0n) is 26.5. The smallest absolute Gasteiger partial charge is 0.143 e. The highest BCUT2D eigenvalue weighted by Gasteiger charge is 2.22. The van der Waals surface area contributed by atoms with E-state index < -0.39 is 0 Å². The molecule has 0 saturated carbocycles. The number of rotatable bonds is 5. The van der Waals surface area contributed by atoms with E-state index >= 15 is 0 Å². The first-order chi connectivity index (χ1) is 24.3. The molecule has 0 aliphatic heterocycles. The van der Waals surface area contributed by atoms with Crippen LogP contribution in [0, 0.1) is 0 Å². The normalized spacial score (nSPS) is 11.7. The lowest BCUT2D eigenvalue weighted by atomic mass is 9.94. The van der Waals surface area contributed by atoms with Crippen molar-refractivity contribution in [2.45, 2.75) is 0 Å². The van der Waals surface area contributed by atoms with Crippen molar-refractivity contribution in [1.82, 2.24) is 0 Å². The molecule has 0 atom stereocenters. The first-order valence-electron chi connectivity index (χ1n) is 16.6. The number of furan rings is 1. The van der Waals surface area contributed by atoms with Crippen LogP contribution in [0.2, 0.25) is 0 Å². The highest BCUT2D eigenvalue weighted by molar-refractivity contribution is 7.25. The van der Waals surface area contributed by atoms with Crippen LogP contribution in [0.1, 0.15) is 0 Å². The molecule has 2 aromatic heterocycles. The van der Waals surface area contributed by atoms with Crippen LogP contribution in [0.15, 0.2) is 180 Å². The van der Waals surface area contributed by atoms with Gasteiger partial charge in [-0.2, -0.15) is 0 Å². The highest BCUT2D eigenvalue weighted by atomic mass is 32.1. The third-order valence-electron chi connectivity index (χ3n) is 9.66.